The number of hydrogen-bond acceptors (Lipinski definition) is 2. The molecule has 1 aliphatic heterocycles. The van der Waals surface area contributed by atoms with Gasteiger partial charge in [-0.05, 0) is 22.0 Å². The Labute approximate surface area is 98.9 Å². The lowest BCUT2D eigenvalue weighted by Gasteiger charge is -2.16. The molecule has 16 heavy (non-hydrogen) atoms. The Kier molecular flexibility index (Phi) is 4.40. The van der Waals surface area contributed by atoms with Gasteiger partial charge in [-0.1, -0.05) is 6.08 Å². The van der Waals surface area contributed by atoms with Crippen LogP contribution in [0.3, 0.4) is 0 Å². The normalized spacial score (nSPS) is 20.0. The molecule has 0 aromatic carbocycles. The maximum absolute atomic E-state index is 11.8. The number of amides is 1. The van der Waals surface area contributed by atoms with Crippen LogP contribution in [0, 0.1) is 0 Å². The maximum atomic E-state index is 11.8. The summed E-state index contributed by atoms with van der Waals surface area (Å²) in [6.45, 7) is -0.404. The Morgan fingerprint density at radius 3 is 2.75 bits per heavy atom. The molecule has 1 atom stereocenters. The third-order valence-corrected chi connectivity index (χ3v) is 2.33. The molecule has 0 saturated carbocycles. The molecule has 1 amide bonds. The van der Waals surface area contributed by atoms with Gasteiger partial charge in [0.2, 0.25) is 5.91 Å². The molecule has 1 rings (SSSR count). The van der Waals surface area contributed by atoms with Gasteiger partial charge in [-0.3, -0.25) is 4.79 Å². The first kappa shape index (κ1) is 13.1. The topological polar surface area (TPSA) is 41.1 Å². The Morgan fingerprint density at radius 2 is 2.25 bits per heavy atom. The molecular weight excluding hydrogens is 289 g/mol. The lowest BCUT2D eigenvalue weighted by molar-refractivity contribution is -0.135. The molecule has 90 valence electrons. The quantitative estimate of drug-likeness (QED) is 0.834. The van der Waals surface area contributed by atoms with Gasteiger partial charge in [-0.15, -0.1) is 0 Å². The first-order valence-corrected chi connectivity index (χ1v) is 5.32. The minimum atomic E-state index is -4.24. The number of dihydropyridines is 1. The van der Waals surface area contributed by atoms with E-state index in [0.717, 1.165) is 4.48 Å². The molecule has 0 saturated heterocycles. The van der Waals surface area contributed by atoms with Crippen LogP contribution in [0.2, 0.25) is 0 Å². The summed E-state index contributed by atoms with van der Waals surface area (Å²) in [5.41, 5.74) is 0. The fourth-order valence-corrected chi connectivity index (χ4v) is 1.35. The molecule has 1 aliphatic rings. The minimum absolute atomic E-state index is 0.404. The molecule has 1 unspecified atom stereocenters. The van der Waals surface area contributed by atoms with Gasteiger partial charge in [0.1, 0.15) is 6.04 Å². The SMILES string of the molecule is O=C(NCCC(F)(F)F)C1C=CC(Br)=CN1. The van der Waals surface area contributed by atoms with Crippen LogP contribution in [0.4, 0.5) is 13.2 Å². The van der Waals surface area contributed by atoms with Crippen molar-refractivity contribution in [2.75, 3.05) is 6.54 Å². The van der Waals surface area contributed by atoms with E-state index in [9.17, 15) is 18.0 Å². The predicted molar refractivity (Wildman–Crippen MR) is 56.8 cm³/mol. The van der Waals surface area contributed by atoms with Gasteiger partial charge >= 0.3 is 6.18 Å². The number of alkyl halides is 3. The monoisotopic (exact) mass is 298 g/mol. The number of halogens is 4. The summed E-state index contributed by atoms with van der Waals surface area (Å²) in [5.74, 6) is -0.475. The van der Waals surface area contributed by atoms with Crippen molar-refractivity contribution in [1.82, 2.24) is 10.6 Å². The minimum Gasteiger partial charge on any atom is -0.376 e. The van der Waals surface area contributed by atoms with Crippen molar-refractivity contribution >= 4 is 21.8 Å². The van der Waals surface area contributed by atoms with E-state index in [1.807, 2.05) is 0 Å². The Morgan fingerprint density at radius 1 is 1.56 bits per heavy atom. The van der Waals surface area contributed by atoms with Crippen LogP contribution in [-0.4, -0.2) is 24.7 Å². The highest BCUT2D eigenvalue weighted by molar-refractivity contribution is 9.11. The lowest BCUT2D eigenvalue weighted by Crippen LogP contribution is -2.42. The average Bonchev–Trinajstić information content (AvgIpc) is 2.16. The Hall–Kier alpha value is -0.980. The Bertz CT molecular complexity index is 325. The molecule has 0 aromatic rings. The van der Waals surface area contributed by atoms with Crippen molar-refractivity contribution in [2.45, 2.75) is 18.6 Å². The second-order valence-corrected chi connectivity index (χ2v) is 4.10. The van der Waals surface area contributed by atoms with Crippen LogP contribution in [0.25, 0.3) is 0 Å². The zero-order chi connectivity index (χ0) is 12.2. The summed E-state index contributed by atoms with van der Waals surface area (Å²) in [6, 6.07) is -0.616. The third kappa shape index (κ3) is 4.69. The highest BCUT2D eigenvalue weighted by atomic mass is 79.9. The summed E-state index contributed by atoms with van der Waals surface area (Å²) < 4.78 is 36.2. The molecular formula is C9H10BrF3N2O. The average molecular weight is 299 g/mol. The van der Waals surface area contributed by atoms with Crippen LogP contribution in [-0.2, 0) is 4.79 Å². The van der Waals surface area contributed by atoms with E-state index >= 15 is 0 Å². The van der Waals surface area contributed by atoms with Gasteiger partial charge in [-0.25, -0.2) is 0 Å². The first-order chi connectivity index (χ1) is 7.38. The number of rotatable bonds is 3. The molecule has 0 fully saturated rings. The smallest absolute Gasteiger partial charge is 0.376 e. The van der Waals surface area contributed by atoms with Gasteiger partial charge in [0.15, 0.2) is 0 Å². The van der Waals surface area contributed by atoms with E-state index in [2.05, 4.69) is 26.6 Å². The Balaban J connectivity index is 2.29. The first-order valence-electron chi connectivity index (χ1n) is 4.53. The van der Waals surface area contributed by atoms with Crippen molar-refractivity contribution in [1.29, 1.82) is 0 Å². The molecule has 0 bridgehead atoms. The molecule has 0 spiro atoms. The molecule has 7 heteroatoms. The summed E-state index contributed by atoms with van der Waals surface area (Å²) in [7, 11) is 0. The van der Waals surface area contributed by atoms with Crippen LogP contribution < -0.4 is 10.6 Å². The van der Waals surface area contributed by atoms with Gasteiger partial charge in [-0.2, -0.15) is 13.2 Å². The van der Waals surface area contributed by atoms with Crippen LogP contribution in [0.1, 0.15) is 6.42 Å². The van der Waals surface area contributed by atoms with Crippen molar-refractivity contribution in [3.8, 4) is 0 Å². The molecule has 0 aliphatic carbocycles. The van der Waals surface area contributed by atoms with E-state index in [0.29, 0.717) is 0 Å². The summed E-state index contributed by atoms with van der Waals surface area (Å²) in [4.78, 5) is 11.4. The van der Waals surface area contributed by atoms with Gasteiger partial charge in [0.25, 0.3) is 0 Å². The second kappa shape index (κ2) is 5.38. The number of nitrogens with one attached hydrogen (secondary N) is 2. The zero-order valence-electron chi connectivity index (χ0n) is 8.14. The summed E-state index contributed by atoms with van der Waals surface area (Å²) in [5, 5.41) is 4.93. The molecule has 0 aromatic heterocycles. The van der Waals surface area contributed by atoms with E-state index < -0.39 is 31.1 Å². The highest BCUT2D eigenvalue weighted by Gasteiger charge is 2.27. The third-order valence-electron chi connectivity index (χ3n) is 1.84. The number of carbonyl (C=O) groups excluding carboxylic acids is 1. The molecule has 0 radical (unpaired) electrons. The van der Waals surface area contributed by atoms with Crippen LogP contribution in [0.15, 0.2) is 22.8 Å². The second-order valence-electron chi connectivity index (χ2n) is 3.19. The largest absolute Gasteiger partial charge is 0.390 e. The van der Waals surface area contributed by atoms with Crippen LogP contribution in [0.5, 0.6) is 0 Å². The van der Waals surface area contributed by atoms with Crippen LogP contribution >= 0.6 is 15.9 Å². The number of hydrogen-bond donors (Lipinski definition) is 2. The predicted octanol–water partition coefficient (Wildman–Crippen LogP) is 1.82. The van der Waals surface area contributed by atoms with E-state index in [4.69, 9.17) is 0 Å². The summed E-state index contributed by atoms with van der Waals surface area (Å²) in [6.07, 6.45) is -0.480. The fourth-order valence-electron chi connectivity index (χ4n) is 1.06. The molecule has 3 nitrogen and oxygen atoms in total. The van der Waals surface area contributed by atoms with Crippen molar-refractivity contribution < 1.29 is 18.0 Å². The fraction of sp³-hybridized carbons (Fsp3) is 0.444. The highest BCUT2D eigenvalue weighted by Crippen LogP contribution is 2.18. The van der Waals surface area contributed by atoms with Gasteiger partial charge < -0.3 is 10.6 Å². The van der Waals surface area contributed by atoms with Crippen molar-refractivity contribution in [3.63, 3.8) is 0 Å². The number of allylic oxidation sites excluding steroid dienone is 2. The van der Waals surface area contributed by atoms with Gasteiger partial charge in [0.05, 0.1) is 6.42 Å². The zero-order valence-corrected chi connectivity index (χ0v) is 9.73. The van der Waals surface area contributed by atoms with Gasteiger partial charge in [0, 0.05) is 17.2 Å². The van der Waals surface area contributed by atoms with E-state index in [1.54, 1.807) is 18.4 Å². The molecule has 1 heterocycles. The van der Waals surface area contributed by atoms with Crippen molar-refractivity contribution in [2.24, 2.45) is 0 Å². The van der Waals surface area contributed by atoms with Crippen molar-refractivity contribution in [3.05, 3.63) is 22.8 Å². The molecule has 2 N–H and O–H groups in total. The number of carbonyl (C=O) groups is 1. The van der Waals surface area contributed by atoms with E-state index in [-0.39, 0.29) is 0 Å². The lowest BCUT2D eigenvalue weighted by atomic mass is 10.2. The maximum Gasteiger partial charge on any atom is 0.390 e. The standard InChI is InChI=1S/C9H10BrF3N2O/c10-6-1-2-7(15-5-6)8(16)14-4-3-9(11,12)13/h1-2,5,7,15H,3-4H2,(H,14,16). The summed E-state index contributed by atoms with van der Waals surface area (Å²) >= 11 is 3.17. The van der Waals surface area contributed by atoms with E-state index in [1.165, 1.54) is 0 Å².